The molecule has 0 saturated carbocycles. The van der Waals surface area contributed by atoms with Gasteiger partial charge in [0.2, 0.25) is 6.29 Å². The lowest BCUT2D eigenvalue weighted by Gasteiger charge is -2.29. The number of carbonyl (C=O) groups is 2. The lowest BCUT2D eigenvalue weighted by atomic mass is 9.92. The molecule has 45 heavy (non-hydrogen) atoms. The minimum atomic E-state index is -0.691. The Morgan fingerprint density at radius 2 is 1.71 bits per heavy atom. The highest BCUT2D eigenvalue weighted by Gasteiger charge is 2.29. The quantitative estimate of drug-likeness (QED) is 0.169. The summed E-state index contributed by atoms with van der Waals surface area (Å²) in [5.41, 5.74) is 6.83. The molecular weight excluding hydrogens is 588 g/mol. The third kappa shape index (κ3) is 7.12. The number of hydrogen-bond donors (Lipinski definition) is 2. The molecule has 228 valence electrons. The van der Waals surface area contributed by atoms with Crippen molar-refractivity contribution in [2.45, 2.75) is 38.8 Å². The molecular formula is C36H32N2O6S. The maximum atomic E-state index is 13.5. The van der Waals surface area contributed by atoms with Gasteiger partial charge in [-0.3, -0.25) is 4.79 Å². The molecule has 0 spiro atoms. The fourth-order valence-electron chi connectivity index (χ4n) is 5.11. The predicted octanol–water partition coefficient (Wildman–Crippen LogP) is 7.12. The molecule has 1 aromatic heterocycles. The van der Waals surface area contributed by atoms with Gasteiger partial charge in [-0.2, -0.15) is 0 Å². The summed E-state index contributed by atoms with van der Waals surface area (Å²) < 4.78 is 18.1. The summed E-state index contributed by atoms with van der Waals surface area (Å²) >= 11 is 1.64. The van der Waals surface area contributed by atoms with Gasteiger partial charge in [-0.15, -0.1) is 11.3 Å². The number of methoxy groups -OCH3 is 1. The van der Waals surface area contributed by atoms with Gasteiger partial charge in [0.25, 0.3) is 5.91 Å². The maximum Gasteiger partial charge on any atom is 0.337 e. The lowest BCUT2D eigenvalue weighted by Crippen LogP contribution is -2.29. The van der Waals surface area contributed by atoms with Crippen LogP contribution in [0.1, 0.15) is 45.0 Å². The van der Waals surface area contributed by atoms with E-state index in [1.165, 1.54) is 12.7 Å². The van der Waals surface area contributed by atoms with E-state index < -0.39 is 18.2 Å². The summed E-state index contributed by atoms with van der Waals surface area (Å²) in [4.78, 5) is 30.2. The number of aliphatic hydroxyl groups is 1. The van der Waals surface area contributed by atoms with E-state index in [0.717, 1.165) is 37.5 Å². The topological polar surface area (TPSA) is 107 Å². The van der Waals surface area contributed by atoms with E-state index in [-0.39, 0.29) is 24.9 Å². The van der Waals surface area contributed by atoms with Crippen LogP contribution in [-0.4, -0.2) is 35.4 Å². The Hall–Kier alpha value is -4.83. The molecule has 6 rings (SSSR count). The molecule has 0 aliphatic carbocycles. The molecule has 2 heterocycles. The molecule has 2 atom stereocenters. The maximum absolute atomic E-state index is 13.5. The highest BCUT2D eigenvalue weighted by Crippen LogP contribution is 2.34. The number of esters is 1. The number of ether oxygens (including phenoxy) is 3. The van der Waals surface area contributed by atoms with E-state index in [4.69, 9.17) is 19.2 Å². The molecule has 0 unspecified atom stereocenters. The van der Waals surface area contributed by atoms with E-state index in [0.29, 0.717) is 17.7 Å². The minimum absolute atomic E-state index is 0.0307. The summed E-state index contributed by atoms with van der Waals surface area (Å²) in [6.07, 6.45) is 1.57. The van der Waals surface area contributed by atoms with Gasteiger partial charge in [-0.1, -0.05) is 42.5 Å². The van der Waals surface area contributed by atoms with Crippen LogP contribution >= 0.6 is 11.3 Å². The van der Waals surface area contributed by atoms with Crippen LogP contribution in [0.2, 0.25) is 0 Å². The Balaban J connectivity index is 1.19. The normalized spacial score (nSPS) is 16.1. The number of aliphatic hydroxyl groups excluding tert-OH is 1. The molecule has 8 nitrogen and oxygen atoms in total. The molecule has 1 aliphatic heterocycles. The first kappa shape index (κ1) is 30.2. The molecule has 0 fully saturated rings. The van der Waals surface area contributed by atoms with Crippen LogP contribution in [0.25, 0.3) is 20.8 Å². The zero-order valence-corrected chi connectivity index (χ0v) is 25.7. The van der Waals surface area contributed by atoms with Gasteiger partial charge in [-0.05, 0) is 83.8 Å². The second-order valence-electron chi connectivity index (χ2n) is 10.8. The summed E-state index contributed by atoms with van der Waals surface area (Å²) in [6, 6.07) is 28.4. The van der Waals surface area contributed by atoms with Crippen molar-refractivity contribution in [3.8, 4) is 10.6 Å². The van der Waals surface area contributed by atoms with E-state index in [9.17, 15) is 14.7 Å². The SMILES string of the molecule is COC(=O)c1ccc([C@@H]2C=C(C(=O)Nc3ccc(-c4nc5ccc(C)cc5s4)cc3)O[C@H](OCc3ccc(CO)cc3)C2)cc1. The van der Waals surface area contributed by atoms with Crippen molar-refractivity contribution < 1.29 is 28.9 Å². The third-order valence-electron chi connectivity index (χ3n) is 7.62. The largest absolute Gasteiger partial charge is 0.465 e. The number of rotatable bonds is 9. The average Bonchev–Trinajstić information content (AvgIpc) is 3.50. The number of amides is 1. The van der Waals surface area contributed by atoms with Crippen LogP contribution in [0.15, 0.2) is 103 Å². The first-order valence-electron chi connectivity index (χ1n) is 14.5. The van der Waals surface area contributed by atoms with Crippen molar-refractivity contribution in [3.05, 3.63) is 131 Å². The monoisotopic (exact) mass is 620 g/mol. The number of nitrogens with one attached hydrogen (secondary N) is 1. The van der Waals surface area contributed by atoms with E-state index in [2.05, 4.69) is 24.4 Å². The summed E-state index contributed by atoms with van der Waals surface area (Å²) in [7, 11) is 1.34. The molecule has 4 aromatic carbocycles. The molecule has 0 saturated heterocycles. The van der Waals surface area contributed by atoms with Gasteiger partial charge in [-0.25, -0.2) is 9.78 Å². The van der Waals surface area contributed by atoms with Crippen LogP contribution < -0.4 is 5.32 Å². The number of fused-ring (bicyclic) bond motifs is 1. The average molecular weight is 621 g/mol. The minimum Gasteiger partial charge on any atom is -0.465 e. The standard InChI is InChI=1S/C36H32N2O6S/c1-22-3-16-30-32(17-22)45-35(38-30)26-12-14-29(15-13-26)37-34(40)31-18-28(25-8-10-27(11-9-25)36(41)42-2)19-33(44-31)43-21-24-6-4-23(20-39)5-7-24/h3-18,28,33,39H,19-21H2,1-2H3,(H,37,40)/t28-,33+/m1/s1. The van der Waals surface area contributed by atoms with Crippen LogP contribution in [0, 0.1) is 6.92 Å². The van der Waals surface area contributed by atoms with Crippen LogP contribution in [0.4, 0.5) is 5.69 Å². The Morgan fingerprint density at radius 3 is 2.42 bits per heavy atom. The fraction of sp³-hybridized carbons (Fsp3) is 0.194. The van der Waals surface area contributed by atoms with Gasteiger partial charge in [0.1, 0.15) is 5.01 Å². The number of allylic oxidation sites excluding steroid dienone is 1. The van der Waals surface area contributed by atoms with Gasteiger partial charge in [0.05, 0.1) is 36.1 Å². The Kier molecular flexibility index (Phi) is 9.02. The van der Waals surface area contributed by atoms with Gasteiger partial charge >= 0.3 is 5.97 Å². The van der Waals surface area contributed by atoms with Crippen LogP contribution in [0.5, 0.6) is 0 Å². The third-order valence-corrected chi connectivity index (χ3v) is 8.68. The highest BCUT2D eigenvalue weighted by atomic mass is 32.1. The number of benzene rings is 4. The van der Waals surface area contributed by atoms with Crippen molar-refractivity contribution in [1.82, 2.24) is 4.98 Å². The van der Waals surface area contributed by atoms with Gasteiger partial charge < -0.3 is 24.6 Å². The fourth-order valence-corrected chi connectivity index (χ4v) is 6.18. The molecule has 1 amide bonds. The van der Waals surface area contributed by atoms with Gasteiger partial charge in [0, 0.05) is 23.6 Å². The predicted molar refractivity (Wildman–Crippen MR) is 174 cm³/mol. The lowest BCUT2D eigenvalue weighted by molar-refractivity contribution is -0.147. The number of hydrogen-bond acceptors (Lipinski definition) is 8. The van der Waals surface area contributed by atoms with E-state index in [1.807, 2.05) is 66.7 Å². The molecule has 2 N–H and O–H groups in total. The number of aromatic nitrogens is 1. The summed E-state index contributed by atoms with van der Waals surface area (Å²) in [6.45, 7) is 2.31. The Morgan fingerprint density at radius 1 is 0.978 bits per heavy atom. The second kappa shape index (κ2) is 13.4. The van der Waals surface area contributed by atoms with E-state index >= 15 is 0 Å². The highest BCUT2D eigenvalue weighted by molar-refractivity contribution is 7.21. The van der Waals surface area contributed by atoms with Crippen molar-refractivity contribution in [1.29, 1.82) is 0 Å². The van der Waals surface area contributed by atoms with Crippen molar-refractivity contribution >= 4 is 39.1 Å². The van der Waals surface area contributed by atoms with E-state index in [1.54, 1.807) is 29.5 Å². The molecule has 0 radical (unpaired) electrons. The number of carbonyl (C=O) groups excluding carboxylic acids is 2. The van der Waals surface area contributed by atoms with Crippen LogP contribution in [-0.2, 0) is 32.2 Å². The zero-order valence-electron chi connectivity index (χ0n) is 24.9. The summed E-state index contributed by atoms with van der Waals surface area (Å²) in [5, 5.41) is 13.2. The summed E-state index contributed by atoms with van der Waals surface area (Å²) in [5.74, 6) is -0.857. The zero-order chi connectivity index (χ0) is 31.3. The number of nitrogens with zero attached hydrogens (tertiary/aromatic N) is 1. The van der Waals surface area contributed by atoms with Crippen LogP contribution in [0.3, 0.4) is 0 Å². The first-order valence-corrected chi connectivity index (χ1v) is 15.4. The number of aryl methyl sites for hydroxylation is 1. The molecule has 1 aliphatic rings. The Bertz CT molecular complexity index is 1850. The van der Waals surface area contributed by atoms with Crippen molar-refractivity contribution in [2.24, 2.45) is 0 Å². The molecule has 0 bridgehead atoms. The second-order valence-corrected chi connectivity index (χ2v) is 11.9. The number of thiazole rings is 1. The first-order chi connectivity index (χ1) is 21.9. The van der Waals surface area contributed by atoms with Gasteiger partial charge in [0.15, 0.2) is 5.76 Å². The Labute approximate surface area is 264 Å². The molecule has 9 heteroatoms. The van der Waals surface area contributed by atoms with Crippen molar-refractivity contribution in [3.63, 3.8) is 0 Å². The molecule has 5 aromatic rings. The smallest absolute Gasteiger partial charge is 0.337 e. The number of anilines is 1. The van der Waals surface area contributed by atoms with Crippen molar-refractivity contribution in [2.75, 3.05) is 12.4 Å².